The molecule has 1 aromatic heterocycles. The normalized spacial score (nSPS) is 10.6. The summed E-state index contributed by atoms with van der Waals surface area (Å²) < 4.78 is 5.75. The number of benzene rings is 3. The first-order chi connectivity index (χ1) is 12.3. The van der Waals surface area contributed by atoms with Crippen LogP contribution in [-0.4, -0.2) is 10.9 Å². The average Bonchev–Trinajstić information content (AvgIpc) is 3.12. The predicted octanol–water partition coefficient (Wildman–Crippen LogP) is 5.21. The number of para-hydroxylation sites is 1. The highest BCUT2D eigenvalue weighted by Crippen LogP contribution is 2.23. The molecule has 2 N–H and O–H groups in total. The van der Waals surface area contributed by atoms with E-state index in [0.717, 1.165) is 28.1 Å². The van der Waals surface area contributed by atoms with Crippen LogP contribution in [0.3, 0.4) is 0 Å². The van der Waals surface area contributed by atoms with Crippen molar-refractivity contribution in [2.24, 2.45) is 0 Å². The molecule has 0 aliphatic heterocycles. The molecule has 1 amide bonds. The Labute approximate surface area is 145 Å². The monoisotopic (exact) mass is 328 g/mol. The lowest BCUT2D eigenvalue weighted by molar-refractivity contribution is 0.102. The van der Waals surface area contributed by atoms with Crippen LogP contribution < -0.4 is 10.1 Å². The summed E-state index contributed by atoms with van der Waals surface area (Å²) in [4.78, 5) is 15.5. The molecule has 0 fully saturated rings. The van der Waals surface area contributed by atoms with Crippen molar-refractivity contribution in [3.63, 3.8) is 0 Å². The zero-order valence-corrected chi connectivity index (χ0v) is 13.4. The number of aromatic nitrogens is 1. The molecule has 0 atom stereocenters. The minimum atomic E-state index is -0.139. The third-order valence-electron chi connectivity index (χ3n) is 3.91. The van der Waals surface area contributed by atoms with Crippen LogP contribution in [0, 0.1) is 0 Å². The number of carbonyl (C=O) groups is 1. The van der Waals surface area contributed by atoms with Crippen LogP contribution in [0.4, 0.5) is 5.69 Å². The maximum Gasteiger partial charge on any atom is 0.255 e. The third-order valence-corrected chi connectivity index (χ3v) is 3.91. The molecule has 0 spiro atoms. The van der Waals surface area contributed by atoms with Crippen LogP contribution in [0.2, 0.25) is 0 Å². The molecule has 4 heteroatoms. The van der Waals surface area contributed by atoms with Gasteiger partial charge in [0.1, 0.15) is 11.5 Å². The summed E-state index contributed by atoms with van der Waals surface area (Å²) in [5, 5.41) is 3.91. The second-order valence-corrected chi connectivity index (χ2v) is 5.67. The van der Waals surface area contributed by atoms with Crippen LogP contribution in [-0.2, 0) is 0 Å². The second kappa shape index (κ2) is 6.53. The van der Waals surface area contributed by atoms with Crippen molar-refractivity contribution in [1.82, 2.24) is 4.98 Å². The van der Waals surface area contributed by atoms with E-state index in [9.17, 15) is 4.79 Å². The Morgan fingerprint density at radius 2 is 1.60 bits per heavy atom. The number of fused-ring (bicyclic) bond motifs is 1. The molecule has 0 saturated heterocycles. The fourth-order valence-electron chi connectivity index (χ4n) is 2.63. The highest BCUT2D eigenvalue weighted by Gasteiger charge is 2.07. The van der Waals surface area contributed by atoms with Gasteiger partial charge in [-0.25, -0.2) is 0 Å². The molecule has 3 aromatic carbocycles. The van der Waals surface area contributed by atoms with Gasteiger partial charge in [0.15, 0.2) is 0 Å². The number of hydrogen-bond acceptors (Lipinski definition) is 2. The number of H-pyrrole nitrogens is 1. The van der Waals surface area contributed by atoms with Crippen LogP contribution in [0.15, 0.2) is 85.1 Å². The van der Waals surface area contributed by atoms with Crippen LogP contribution >= 0.6 is 0 Å². The van der Waals surface area contributed by atoms with E-state index < -0.39 is 0 Å². The Bertz CT molecular complexity index is 1000. The summed E-state index contributed by atoms with van der Waals surface area (Å²) in [6.07, 6.45) is 1.86. The van der Waals surface area contributed by atoms with Gasteiger partial charge in [0, 0.05) is 28.4 Å². The molecular weight excluding hydrogens is 312 g/mol. The number of ether oxygens (including phenoxy) is 1. The molecule has 25 heavy (non-hydrogen) atoms. The van der Waals surface area contributed by atoms with Gasteiger partial charge in [-0.3, -0.25) is 4.79 Å². The van der Waals surface area contributed by atoms with Gasteiger partial charge in [0.25, 0.3) is 5.91 Å². The van der Waals surface area contributed by atoms with Crippen molar-refractivity contribution in [2.45, 2.75) is 0 Å². The molecule has 4 aromatic rings. The van der Waals surface area contributed by atoms with Gasteiger partial charge in [0.05, 0.1) is 0 Å². The fraction of sp³-hybridized carbons (Fsp3) is 0. The van der Waals surface area contributed by atoms with Crippen LogP contribution in [0.5, 0.6) is 11.5 Å². The van der Waals surface area contributed by atoms with Crippen molar-refractivity contribution >= 4 is 22.5 Å². The number of aromatic amines is 1. The molecule has 4 rings (SSSR count). The van der Waals surface area contributed by atoms with Gasteiger partial charge in [-0.15, -0.1) is 0 Å². The Morgan fingerprint density at radius 1 is 0.840 bits per heavy atom. The molecule has 0 radical (unpaired) electrons. The first-order valence-corrected chi connectivity index (χ1v) is 7.99. The Morgan fingerprint density at radius 3 is 2.40 bits per heavy atom. The van der Waals surface area contributed by atoms with Crippen molar-refractivity contribution in [1.29, 1.82) is 0 Å². The van der Waals surface area contributed by atoms with Gasteiger partial charge in [-0.1, -0.05) is 18.2 Å². The van der Waals surface area contributed by atoms with E-state index in [1.165, 1.54) is 0 Å². The van der Waals surface area contributed by atoms with E-state index in [1.807, 2.05) is 79.0 Å². The van der Waals surface area contributed by atoms with Gasteiger partial charge >= 0.3 is 0 Å². The lowest BCUT2D eigenvalue weighted by atomic mass is 10.1. The van der Waals surface area contributed by atoms with Gasteiger partial charge in [-0.2, -0.15) is 0 Å². The summed E-state index contributed by atoms with van der Waals surface area (Å²) >= 11 is 0. The minimum absolute atomic E-state index is 0.139. The Balaban J connectivity index is 1.46. The number of anilines is 1. The molecule has 122 valence electrons. The molecule has 0 unspecified atom stereocenters. The fourth-order valence-corrected chi connectivity index (χ4v) is 2.63. The minimum Gasteiger partial charge on any atom is -0.457 e. The lowest BCUT2D eigenvalue weighted by Crippen LogP contribution is -2.11. The van der Waals surface area contributed by atoms with E-state index >= 15 is 0 Å². The van der Waals surface area contributed by atoms with Crippen LogP contribution in [0.1, 0.15) is 10.4 Å². The van der Waals surface area contributed by atoms with Crippen molar-refractivity contribution in [3.8, 4) is 11.5 Å². The highest BCUT2D eigenvalue weighted by atomic mass is 16.5. The van der Waals surface area contributed by atoms with Gasteiger partial charge in [0.2, 0.25) is 0 Å². The largest absolute Gasteiger partial charge is 0.457 e. The zero-order valence-electron chi connectivity index (χ0n) is 13.4. The number of nitrogens with one attached hydrogen (secondary N) is 2. The molecule has 0 aliphatic carbocycles. The van der Waals surface area contributed by atoms with E-state index in [-0.39, 0.29) is 5.91 Å². The summed E-state index contributed by atoms with van der Waals surface area (Å²) in [6, 6.07) is 24.4. The van der Waals surface area contributed by atoms with Crippen LogP contribution in [0.25, 0.3) is 10.9 Å². The standard InChI is InChI=1S/C21H16N2O2/c24-21(16-6-11-20-15(14-16)12-13-22-20)23-17-7-9-19(10-8-17)25-18-4-2-1-3-5-18/h1-14,22H,(H,23,24). The summed E-state index contributed by atoms with van der Waals surface area (Å²) in [6.45, 7) is 0. The third kappa shape index (κ3) is 3.38. The molecule has 0 saturated carbocycles. The topological polar surface area (TPSA) is 54.1 Å². The van der Waals surface area contributed by atoms with E-state index in [0.29, 0.717) is 5.56 Å². The first-order valence-electron chi connectivity index (χ1n) is 7.99. The molecule has 0 aliphatic rings. The zero-order chi connectivity index (χ0) is 17.1. The first kappa shape index (κ1) is 15.0. The van der Waals surface area contributed by atoms with E-state index in [4.69, 9.17) is 4.74 Å². The van der Waals surface area contributed by atoms with Gasteiger partial charge < -0.3 is 15.0 Å². The molecule has 1 heterocycles. The summed E-state index contributed by atoms with van der Waals surface area (Å²) in [5.74, 6) is 1.36. The number of carbonyl (C=O) groups excluding carboxylic acids is 1. The molecule has 0 bridgehead atoms. The Hall–Kier alpha value is -3.53. The summed E-state index contributed by atoms with van der Waals surface area (Å²) in [5.41, 5.74) is 2.36. The predicted molar refractivity (Wildman–Crippen MR) is 99.2 cm³/mol. The number of hydrogen-bond donors (Lipinski definition) is 2. The highest BCUT2D eigenvalue weighted by molar-refractivity contribution is 6.06. The maximum absolute atomic E-state index is 12.4. The van der Waals surface area contributed by atoms with E-state index in [2.05, 4.69) is 10.3 Å². The van der Waals surface area contributed by atoms with Crippen molar-refractivity contribution in [2.75, 3.05) is 5.32 Å². The number of amides is 1. The molecular formula is C21H16N2O2. The second-order valence-electron chi connectivity index (χ2n) is 5.67. The van der Waals surface area contributed by atoms with E-state index in [1.54, 1.807) is 6.07 Å². The lowest BCUT2D eigenvalue weighted by Gasteiger charge is -2.08. The quantitative estimate of drug-likeness (QED) is 0.540. The maximum atomic E-state index is 12.4. The average molecular weight is 328 g/mol. The van der Waals surface area contributed by atoms with Crippen molar-refractivity contribution in [3.05, 3.63) is 90.6 Å². The van der Waals surface area contributed by atoms with Crippen molar-refractivity contribution < 1.29 is 9.53 Å². The summed E-state index contributed by atoms with van der Waals surface area (Å²) in [7, 11) is 0. The Kier molecular flexibility index (Phi) is 3.92. The molecule has 4 nitrogen and oxygen atoms in total. The smallest absolute Gasteiger partial charge is 0.255 e. The van der Waals surface area contributed by atoms with Gasteiger partial charge in [-0.05, 0) is 60.7 Å². The number of rotatable bonds is 4. The SMILES string of the molecule is O=C(Nc1ccc(Oc2ccccc2)cc1)c1ccc2[nH]ccc2c1.